The number of methoxy groups -OCH3 is 1. The molecule has 2 fully saturated rings. The number of ether oxygens (including phenoxy) is 1. The average molecular weight is 251 g/mol. The van der Waals surface area contributed by atoms with Gasteiger partial charge in [0.1, 0.15) is 7.14 Å². The van der Waals surface area contributed by atoms with Crippen LogP contribution in [0.15, 0.2) is 18.2 Å². The van der Waals surface area contributed by atoms with Crippen LogP contribution in [0.25, 0.3) is 0 Å². The van der Waals surface area contributed by atoms with Gasteiger partial charge >= 0.3 is 0 Å². The molecule has 0 unspecified atom stereocenters. The minimum atomic E-state index is -2.28. The van der Waals surface area contributed by atoms with E-state index in [0.29, 0.717) is 22.8 Å². The Labute approximate surface area is 102 Å². The second-order valence-electron chi connectivity index (χ2n) is 5.07. The zero-order valence-electron chi connectivity index (χ0n) is 10.1. The molecule has 1 aromatic rings. The van der Waals surface area contributed by atoms with Crippen LogP contribution in [0.1, 0.15) is 25.7 Å². The highest BCUT2D eigenvalue weighted by molar-refractivity contribution is 7.73. The predicted molar refractivity (Wildman–Crippen MR) is 70.7 cm³/mol. The molecule has 0 heterocycles. The molecule has 3 nitrogen and oxygen atoms in total. The van der Waals surface area contributed by atoms with Gasteiger partial charge in [-0.15, -0.1) is 0 Å². The van der Waals surface area contributed by atoms with Crippen molar-refractivity contribution in [3.63, 3.8) is 0 Å². The molecule has 3 rings (SSSR count). The summed E-state index contributed by atoms with van der Waals surface area (Å²) in [4.78, 5) is 0. The lowest BCUT2D eigenvalue weighted by molar-refractivity contribution is 0.420. The van der Waals surface area contributed by atoms with Gasteiger partial charge in [0.15, 0.2) is 5.75 Å². The summed E-state index contributed by atoms with van der Waals surface area (Å²) in [7, 11) is -0.669. The Balaban J connectivity index is 2.13. The van der Waals surface area contributed by atoms with E-state index in [-0.39, 0.29) is 0 Å². The Morgan fingerprint density at radius 2 is 1.82 bits per heavy atom. The molecule has 0 atom stereocenters. The first-order valence-electron chi connectivity index (χ1n) is 6.20. The van der Waals surface area contributed by atoms with Crippen molar-refractivity contribution in [1.82, 2.24) is 0 Å². The van der Waals surface area contributed by atoms with Crippen LogP contribution in [-0.4, -0.2) is 18.4 Å². The van der Waals surface area contributed by atoms with Crippen LogP contribution in [-0.2, 0) is 4.57 Å². The third-order valence-corrected chi connectivity index (χ3v) is 8.09. The molecular weight excluding hydrogens is 233 g/mol. The highest BCUT2D eigenvalue weighted by Gasteiger charge is 2.52. The van der Waals surface area contributed by atoms with Crippen LogP contribution in [0.5, 0.6) is 5.75 Å². The first kappa shape index (κ1) is 11.2. The van der Waals surface area contributed by atoms with Crippen LogP contribution in [0.3, 0.4) is 0 Å². The Morgan fingerprint density at radius 1 is 1.24 bits per heavy atom. The maximum absolute atomic E-state index is 13.3. The molecule has 2 aliphatic carbocycles. The first-order chi connectivity index (χ1) is 8.17. The SMILES string of the molecule is COc1c(N)cccc1P(=O)(C1CC1)C1CC1. The molecule has 0 amide bonds. The van der Waals surface area contributed by atoms with Crippen molar-refractivity contribution in [3.05, 3.63) is 18.2 Å². The third kappa shape index (κ3) is 1.68. The summed E-state index contributed by atoms with van der Waals surface area (Å²) < 4.78 is 18.7. The normalized spacial score (nSPS) is 20.3. The maximum Gasteiger partial charge on any atom is 0.152 e. The molecular formula is C13H18NO2P. The summed E-state index contributed by atoms with van der Waals surface area (Å²) >= 11 is 0. The molecule has 4 heteroatoms. The summed E-state index contributed by atoms with van der Waals surface area (Å²) in [6, 6.07) is 5.66. The van der Waals surface area contributed by atoms with E-state index in [1.54, 1.807) is 7.11 Å². The fourth-order valence-corrected chi connectivity index (χ4v) is 6.72. The maximum atomic E-state index is 13.3. The van der Waals surface area contributed by atoms with Crippen LogP contribution in [0.2, 0.25) is 0 Å². The van der Waals surface area contributed by atoms with E-state index in [4.69, 9.17) is 10.5 Å². The number of para-hydroxylation sites is 1. The number of rotatable bonds is 4. The molecule has 92 valence electrons. The minimum Gasteiger partial charge on any atom is -0.494 e. The Kier molecular flexibility index (Phi) is 2.48. The van der Waals surface area contributed by atoms with Gasteiger partial charge in [0.25, 0.3) is 0 Å². The van der Waals surface area contributed by atoms with Gasteiger partial charge in [-0.05, 0) is 37.8 Å². The fraction of sp³-hybridized carbons (Fsp3) is 0.538. The largest absolute Gasteiger partial charge is 0.494 e. The van der Waals surface area contributed by atoms with E-state index < -0.39 is 7.14 Å². The van der Waals surface area contributed by atoms with Gasteiger partial charge in [-0.2, -0.15) is 0 Å². The zero-order chi connectivity index (χ0) is 12.0. The highest BCUT2D eigenvalue weighted by atomic mass is 31.2. The zero-order valence-corrected chi connectivity index (χ0v) is 11.0. The lowest BCUT2D eigenvalue weighted by Crippen LogP contribution is -2.16. The molecule has 0 spiro atoms. The van der Waals surface area contributed by atoms with Crippen molar-refractivity contribution >= 4 is 18.1 Å². The van der Waals surface area contributed by atoms with Gasteiger partial charge in [-0.3, -0.25) is 0 Å². The molecule has 1 aromatic carbocycles. The van der Waals surface area contributed by atoms with Gasteiger partial charge in [-0.25, -0.2) is 0 Å². The number of benzene rings is 1. The van der Waals surface area contributed by atoms with Gasteiger partial charge in [-0.1, -0.05) is 6.07 Å². The summed E-state index contributed by atoms with van der Waals surface area (Å²) in [6.45, 7) is 0. The topological polar surface area (TPSA) is 52.3 Å². The predicted octanol–water partition coefficient (Wildman–Crippen LogP) is 2.59. The van der Waals surface area contributed by atoms with Crippen molar-refractivity contribution in [2.24, 2.45) is 0 Å². The molecule has 2 aliphatic rings. The summed E-state index contributed by atoms with van der Waals surface area (Å²) in [5.74, 6) is 0.648. The second-order valence-corrected chi connectivity index (χ2v) is 8.43. The van der Waals surface area contributed by atoms with Crippen LogP contribution in [0.4, 0.5) is 5.69 Å². The molecule has 17 heavy (non-hydrogen) atoms. The van der Waals surface area contributed by atoms with Gasteiger partial charge < -0.3 is 15.0 Å². The van der Waals surface area contributed by atoms with Crippen molar-refractivity contribution < 1.29 is 9.30 Å². The molecule has 0 bridgehead atoms. The van der Waals surface area contributed by atoms with Crippen LogP contribution >= 0.6 is 7.14 Å². The average Bonchev–Trinajstić information content (AvgIpc) is 3.20. The molecule has 2 N–H and O–H groups in total. The third-order valence-electron chi connectivity index (χ3n) is 3.78. The van der Waals surface area contributed by atoms with Gasteiger partial charge in [0, 0.05) is 11.3 Å². The van der Waals surface area contributed by atoms with Gasteiger partial charge in [0.05, 0.1) is 18.1 Å². The monoisotopic (exact) mass is 251 g/mol. The van der Waals surface area contributed by atoms with E-state index in [9.17, 15) is 4.57 Å². The number of anilines is 1. The Morgan fingerprint density at radius 3 is 2.29 bits per heavy atom. The Bertz CT molecular complexity index is 476. The van der Waals surface area contributed by atoms with Crippen molar-refractivity contribution in [2.75, 3.05) is 12.8 Å². The summed E-state index contributed by atoms with van der Waals surface area (Å²) in [5.41, 5.74) is 7.32. The lowest BCUT2D eigenvalue weighted by atomic mass is 10.3. The van der Waals surface area contributed by atoms with E-state index in [2.05, 4.69) is 0 Å². The number of nitrogens with two attached hydrogens (primary N) is 1. The second kappa shape index (κ2) is 3.78. The quantitative estimate of drug-likeness (QED) is 0.661. The van der Waals surface area contributed by atoms with E-state index in [0.717, 1.165) is 31.0 Å². The number of hydrogen-bond donors (Lipinski definition) is 1. The van der Waals surface area contributed by atoms with Gasteiger partial charge in [0.2, 0.25) is 0 Å². The van der Waals surface area contributed by atoms with E-state index >= 15 is 0 Å². The van der Waals surface area contributed by atoms with E-state index in [1.165, 1.54) is 0 Å². The minimum absolute atomic E-state index is 0.394. The van der Waals surface area contributed by atoms with E-state index in [1.807, 2.05) is 18.2 Å². The summed E-state index contributed by atoms with van der Waals surface area (Å²) in [6.07, 6.45) is 4.41. The molecule has 0 aromatic heterocycles. The lowest BCUT2D eigenvalue weighted by Gasteiger charge is -2.21. The first-order valence-corrected chi connectivity index (χ1v) is 8.05. The molecule has 0 aliphatic heterocycles. The smallest absolute Gasteiger partial charge is 0.152 e. The van der Waals surface area contributed by atoms with Crippen LogP contribution < -0.4 is 15.8 Å². The molecule has 0 saturated heterocycles. The molecule has 2 saturated carbocycles. The van der Waals surface area contributed by atoms with Crippen molar-refractivity contribution in [2.45, 2.75) is 37.0 Å². The number of nitrogen functional groups attached to an aromatic ring is 1. The number of hydrogen-bond acceptors (Lipinski definition) is 3. The highest BCUT2D eigenvalue weighted by Crippen LogP contribution is 2.70. The van der Waals surface area contributed by atoms with Crippen LogP contribution in [0, 0.1) is 0 Å². The molecule has 0 radical (unpaired) electrons. The fourth-order valence-electron chi connectivity index (χ4n) is 2.65. The van der Waals surface area contributed by atoms with Crippen molar-refractivity contribution in [1.29, 1.82) is 0 Å². The van der Waals surface area contributed by atoms with Crippen molar-refractivity contribution in [3.8, 4) is 5.75 Å². The standard InChI is InChI=1S/C13H18NO2P/c1-16-13-11(14)3-2-4-12(13)17(15,9-5-6-9)10-7-8-10/h2-4,9-10H,5-8,14H2,1H3. The summed E-state index contributed by atoms with van der Waals surface area (Å²) in [5, 5.41) is 0.894. The Hall–Kier alpha value is -0.950.